The fourth-order valence-corrected chi connectivity index (χ4v) is 8.61. The Hall–Kier alpha value is -4.71. The first kappa shape index (κ1) is 65.6. The first-order chi connectivity index (χ1) is 36.0. The van der Waals surface area contributed by atoms with Crippen LogP contribution in [0.4, 0.5) is 11.6 Å². The lowest BCUT2D eigenvalue weighted by molar-refractivity contribution is -0.164. The van der Waals surface area contributed by atoms with Crippen LogP contribution in [0.1, 0.15) is 155 Å². The molecule has 0 aliphatic carbocycles. The minimum Gasteiger partial charge on any atom is -0.461 e. The standard InChI is InChI=1S/C33H49N3O5.C24H42N4O3.C3H8O/c1-25(39-5)23-36(20-10-9-15-29-17-16-27-14-11-19-34-31(27)35-29)21-18-28(32(38)41-33(2,3)4)22-30(37)40-24-26-12-7-6-8-13-26;1-18(30-5)17-28(16-13-21(25)23(29)31-24(2,3)4)15-7-6-10-20-12-11-19-9-8-14-26-22(19)27-20;1-3(2)4/h6-8,12-13,16-17,25,28H,9-11,14-15,18-24H2,1-5H3,(H,34,35);11-12,18,21H,6-10,13-17,25H2,1-5H3,(H,26,27);3-4H,1-2H3/t25-,28-;18-,21+;/m11./s1. The highest BCUT2D eigenvalue weighted by Gasteiger charge is 2.29. The number of ether oxygens (including phenoxy) is 5. The summed E-state index contributed by atoms with van der Waals surface area (Å²) in [6.45, 7) is 25.6. The van der Waals surface area contributed by atoms with Gasteiger partial charge in [0.15, 0.2) is 0 Å². The number of pyridine rings is 2. The van der Waals surface area contributed by atoms with Crippen LogP contribution in [0, 0.1) is 5.92 Å². The number of aliphatic hydroxyl groups excluding tert-OH is 1. The van der Waals surface area contributed by atoms with Crippen LogP contribution in [0.25, 0.3) is 0 Å². The van der Waals surface area contributed by atoms with Crippen molar-refractivity contribution < 1.29 is 43.2 Å². The van der Waals surface area contributed by atoms with E-state index in [0.717, 1.165) is 132 Å². The van der Waals surface area contributed by atoms with Crippen molar-refractivity contribution in [3.05, 3.63) is 82.7 Å². The lowest BCUT2D eigenvalue weighted by atomic mass is 10.00. The molecule has 0 amide bonds. The molecule has 0 fully saturated rings. The molecule has 16 heteroatoms. The summed E-state index contributed by atoms with van der Waals surface area (Å²) in [6, 6.07) is 17.7. The molecule has 76 heavy (non-hydrogen) atoms. The van der Waals surface area contributed by atoms with Crippen molar-refractivity contribution in [3.8, 4) is 0 Å². The van der Waals surface area contributed by atoms with Crippen LogP contribution < -0.4 is 16.4 Å². The van der Waals surface area contributed by atoms with E-state index in [1.54, 1.807) is 28.1 Å². The van der Waals surface area contributed by atoms with Crippen molar-refractivity contribution in [2.75, 3.05) is 77.2 Å². The van der Waals surface area contributed by atoms with Gasteiger partial charge in [0.25, 0.3) is 0 Å². The monoisotopic (exact) mass is 1060 g/mol. The minimum absolute atomic E-state index is 0.00650. The van der Waals surface area contributed by atoms with E-state index in [0.29, 0.717) is 19.4 Å². The van der Waals surface area contributed by atoms with Gasteiger partial charge in [0, 0.05) is 64.4 Å². The number of nitrogens with zero attached hydrogens (tertiary/aromatic N) is 4. The lowest BCUT2D eigenvalue weighted by Crippen LogP contribution is -2.41. The van der Waals surface area contributed by atoms with Crippen molar-refractivity contribution in [3.63, 3.8) is 0 Å². The zero-order valence-corrected chi connectivity index (χ0v) is 48.7. The Kier molecular flexibility index (Phi) is 30.1. The van der Waals surface area contributed by atoms with Crippen LogP contribution in [0.3, 0.4) is 0 Å². The number of methoxy groups -OCH3 is 2. The summed E-state index contributed by atoms with van der Waals surface area (Å²) in [6.07, 6.45) is 11.7. The highest BCUT2D eigenvalue weighted by Crippen LogP contribution is 2.23. The summed E-state index contributed by atoms with van der Waals surface area (Å²) in [5.41, 5.74) is 10.8. The van der Waals surface area contributed by atoms with Crippen molar-refractivity contribution in [2.24, 2.45) is 11.7 Å². The second-order valence-corrected chi connectivity index (χ2v) is 22.7. The fraction of sp³-hybridized carbons (Fsp3) is 0.683. The molecule has 0 bridgehead atoms. The predicted molar refractivity (Wildman–Crippen MR) is 304 cm³/mol. The van der Waals surface area contributed by atoms with E-state index >= 15 is 0 Å². The van der Waals surface area contributed by atoms with Gasteiger partial charge in [0.1, 0.15) is 35.5 Å². The number of unbranched alkanes of at least 4 members (excludes halogenated alkanes) is 2. The number of nitrogens with two attached hydrogens (primary N) is 1. The molecule has 3 aromatic rings. The number of nitrogens with one attached hydrogen (secondary N) is 2. The summed E-state index contributed by atoms with van der Waals surface area (Å²) in [5.74, 6) is 0.439. The Morgan fingerprint density at radius 1 is 0.658 bits per heavy atom. The van der Waals surface area contributed by atoms with Crippen LogP contribution in [0.5, 0.6) is 0 Å². The van der Waals surface area contributed by atoms with Crippen LogP contribution in [-0.2, 0) is 70.4 Å². The maximum atomic E-state index is 13.1. The molecular formula is C60H99N7O9. The number of aliphatic hydroxyl groups is 1. The normalized spacial score (nSPS) is 14.8. The fourth-order valence-electron chi connectivity index (χ4n) is 8.61. The maximum absolute atomic E-state index is 13.1. The van der Waals surface area contributed by atoms with E-state index in [9.17, 15) is 14.4 Å². The quantitative estimate of drug-likeness (QED) is 0.0305. The summed E-state index contributed by atoms with van der Waals surface area (Å²) in [5, 5.41) is 14.9. The van der Waals surface area contributed by atoms with E-state index in [1.807, 2.05) is 78.8 Å². The molecule has 2 aliphatic rings. The largest absolute Gasteiger partial charge is 0.461 e. The molecule has 5 N–H and O–H groups in total. The van der Waals surface area contributed by atoms with Crippen molar-refractivity contribution in [1.82, 2.24) is 19.8 Å². The number of rotatable bonds is 28. The van der Waals surface area contributed by atoms with Gasteiger partial charge >= 0.3 is 17.9 Å². The van der Waals surface area contributed by atoms with E-state index in [4.69, 9.17) is 44.5 Å². The summed E-state index contributed by atoms with van der Waals surface area (Å²) < 4.78 is 27.6. The predicted octanol–water partition coefficient (Wildman–Crippen LogP) is 9.13. The molecule has 0 spiro atoms. The highest BCUT2D eigenvalue weighted by atomic mass is 16.6. The Balaban J connectivity index is 0.000000386. The van der Waals surface area contributed by atoms with Gasteiger partial charge in [0.05, 0.1) is 24.5 Å². The maximum Gasteiger partial charge on any atom is 0.323 e. The second kappa shape index (κ2) is 34.9. The number of fused-ring (bicyclic) bond motifs is 2. The van der Waals surface area contributed by atoms with Gasteiger partial charge in [-0.3, -0.25) is 14.4 Å². The molecule has 16 nitrogen and oxygen atoms in total. The Bertz CT molecular complexity index is 2110. The van der Waals surface area contributed by atoms with Gasteiger partial charge in [-0.25, -0.2) is 9.97 Å². The number of hydrogen-bond donors (Lipinski definition) is 4. The first-order valence-corrected chi connectivity index (χ1v) is 28.1. The van der Waals surface area contributed by atoms with Gasteiger partial charge in [-0.15, -0.1) is 0 Å². The summed E-state index contributed by atoms with van der Waals surface area (Å²) in [4.78, 5) is 52.3. The summed E-state index contributed by atoms with van der Waals surface area (Å²) in [7, 11) is 3.44. The van der Waals surface area contributed by atoms with Gasteiger partial charge < -0.3 is 55.0 Å². The van der Waals surface area contributed by atoms with Crippen LogP contribution in [0.2, 0.25) is 0 Å². The molecule has 0 saturated carbocycles. The third-order valence-corrected chi connectivity index (χ3v) is 12.7. The van der Waals surface area contributed by atoms with Crippen LogP contribution in [-0.4, -0.2) is 145 Å². The van der Waals surface area contributed by atoms with Gasteiger partial charge in [-0.2, -0.15) is 0 Å². The number of carbonyl (C=O) groups excluding carboxylic acids is 3. The Morgan fingerprint density at radius 2 is 1.12 bits per heavy atom. The third-order valence-electron chi connectivity index (χ3n) is 12.7. The third kappa shape index (κ3) is 28.6. The zero-order chi connectivity index (χ0) is 56.1. The van der Waals surface area contributed by atoms with E-state index < -0.39 is 29.1 Å². The molecule has 5 rings (SSSR count). The molecule has 2 aliphatic heterocycles. The molecule has 428 valence electrons. The molecule has 0 unspecified atom stereocenters. The Labute approximate surface area is 457 Å². The van der Waals surface area contributed by atoms with Crippen molar-refractivity contribution >= 4 is 29.5 Å². The van der Waals surface area contributed by atoms with Crippen molar-refractivity contribution in [2.45, 2.75) is 195 Å². The van der Waals surface area contributed by atoms with E-state index in [-0.39, 0.29) is 43.3 Å². The number of hydrogen-bond acceptors (Lipinski definition) is 16. The van der Waals surface area contributed by atoms with E-state index in [1.165, 1.54) is 17.5 Å². The Morgan fingerprint density at radius 3 is 1.58 bits per heavy atom. The average Bonchev–Trinajstić information content (AvgIpc) is 3.37. The SMILES string of the molecule is CC(C)O.CO[C@H](C)CN(CCCCc1ccc2c(n1)NCCC2)CC[C@H](CC(=O)OCc1ccccc1)C(=O)OC(C)(C)C.CO[C@H](C)CN(CCCCc1ccc2c(n1)NCCC2)CC[C@H](N)C(=O)OC(C)(C)C. The molecule has 4 atom stereocenters. The number of anilines is 2. The zero-order valence-electron chi connectivity index (χ0n) is 48.7. The van der Waals surface area contributed by atoms with Crippen molar-refractivity contribution in [1.29, 1.82) is 0 Å². The molecule has 0 radical (unpaired) electrons. The summed E-state index contributed by atoms with van der Waals surface area (Å²) >= 11 is 0. The van der Waals surface area contributed by atoms with Gasteiger partial charge in [-0.1, -0.05) is 42.5 Å². The molecule has 0 saturated heterocycles. The average molecular weight is 1060 g/mol. The van der Waals surface area contributed by atoms with Crippen LogP contribution >= 0.6 is 0 Å². The smallest absolute Gasteiger partial charge is 0.323 e. The topological polar surface area (TPSA) is 200 Å². The minimum atomic E-state index is -0.631. The molecule has 4 heterocycles. The number of esters is 3. The van der Waals surface area contributed by atoms with Gasteiger partial charge in [-0.05, 0) is 195 Å². The molecule has 2 aromatic heterocycles. The number of carbonyl (C=O) groups is 3. The van der Waals surface area contributed by atoms with E-state index in [2.05, 4.69) is 51.6 Å². The second-order valence-electron chi connectivity index (χ2n) is 22.7. The lowest BCUT2D eigenvalue weighted by Gasteiger charge is -2.28. The molecule has 1 aromatic carbocycles. The molecular weight excluding hydrogens is 963 g/mol. The number of benzene rings is 1. The number of aromatic nitrogens is 2. The van der Waals surface area contributed by atoms with Crippen LogP contribution in [0.15, 0.2) is 54.6 Å². The first-order valence-electron chi connectivity index (χ1n) is 28.1. The van der Waals surface area contributed by atoms with Gasteiger partial charge in [0.2, 0.25) is 0 Å². The highest BCUT2D eigenvalue weighted by molar-refractivity contribution is 5.80. The number of aryl methyl sites for hydroxylation is 4.